The number of nitrogens with zero attached hydrogens (tertiary/aromatic N) is 2. The molecule has 0 saturated heterocycles. The summed E-state index contributed by atoms with van der Waals surface area (Å²) in [5.74, 6) is 1.26. The van der Waals surface area contributed by atoms with Gasteiger partial charge in [0.25, 0.3) is 0 Å². The Labute approximate surface area is 133 Å². The van der Waals surface area contributed by atoms with Crippen LogP contribution in [-0.2, 0) is 6.18 Å². The molecule has 2 heterocycles. The lowest BCUT2D eigenvalue weighted by molar-refractivity contribution is -0.137. The molecule has 9 heteroatoms. The maximum absolute atomic E-state index is 12.5. The van der Waals surface area contributed by atoms with Gasteiger partial charge in [0.15, 0.2) is 17.3 Å². The molecule has 0 unspecified atom stereocenters. The van der Waals surface area contributed by atoms with Gasteiger partial charge < -0.3 is 9.47 Å². The van der Waals surface area contributed by atoms with E-state index >= 15 is 0 Å². The molecule has 3 rings (SSSR count). The number of aromatic nitrogens is 1. The van der Waals surface area contributed by atoms with Crippen molar-refractivity contribution in [3.8, 4) is 11.5 Å². The van der Waals surface area contributed by atoms with Crippen molar-refractivity contribution in [1.82, 2.24) is 4.98 Å². The number of hydrogen-bond acceptors (Lipinski definition) is 5. The van der Waals surface area contributed by atoms with Crippen LogP contribution < -0.4 is 14.9 Å². The molecule has 0 radical (unpaired) electrons. The number of anilines is 1. The molecule has 23 heavy (non-hydrogen) atoms. The van der Waals surface area contributed by atoms with Gasteiger partial charge in [-0.1, -0.05) is 11.6 Å². The molecule has 1 aromatic carbocycles. The second-order valence-electron chi connectivity index (χ2n) is 4.53. The number of ether oxygens (including phenoxy) is 2. The summed E-state index contributed by atoms with van der Waals surface area (Å²) in [5.41, 5.74) is 2.28. The van der Waals surface area contributed by atoms with Crippen LogP contribution in [0.1, 0.15) is 11.1 Å². The largest absolute Gasteiger partial charge is 0.454 e. The standard InChI is InChI=1S/C14H9ClF3N3O2/c15-10-4-9(14(16,17)18)6-19-13(10)21-20-5-8-1-2-11-12(3-8)23-7-22-11/h1-6H,7H2,(H,19,21)/b20-5-. The summed E-state index contributed by atoms with van der Waals surface area (Å²) in [6, 6.07) is 5.98. The number of nitrogens with one attached hydrogen (secondary N) is 1. The Morgan fingerprint density at radius 1 is 1.22 bits per heavy atom. The minimum atomic E-state index is -4.50. The fourth-order valence-electron chi connectivity index (χ4n) is 1.84. The van der Waals surface area contributed by atoms with Crippen LogP contribution in [0.15, 0.2) is 35.6 Å². The fourth-order valence-corrected chi connectivity index (χ4v) is 2.05. The van der Waals surface area contributed by atoms with Crippen molar-refractivity contribution in [2.24, 2.45) is 5.10 Å². The van der Waals surface area contributed by atoms with Crippen molar-refractivity contribution in [1.29, 1.82) is 0 Å². The third kappa shape index (κ3) is 3.48. The lowest BCUT2D eigenvalue weighted by Crippen LogP contribution is -2.06. The minimum absolute atomic E-state index is 0.0247. The molecule has 0 aliphatic carbocycles. The molecular weight excluding hydrogens is 335 g/mol. The highest BCUT2D eigenvalue weighted by Gasteiger charge is 2.31. The van der Waals surface area contributed by atoms with Gasteiger partial charge in [-0.05, 0) is 29.8 Å². The van der Waals surface area contributed by atoms with Gasteiger partial charge in [0.2, 0.25) is 6.79 Å². The van der Waals surface area contributed by atoms with Crippen LogP contribution in [0.2, 0.25) is 5.02 Å². The Morgan fingerprint density at radius 2 is 2.00 bits per heavy atom. The summed E-state index contributed by atoms with van der Waals surface area (Å²) in [4.78, 5) is 3.61. The molecule has 1 aliphatic heterocycles. The summed E-state index contributed by atoms with van der Waals surface area (Å²) >= 11 is 5.76. The van der Waals surface area contributed by atoms with E-state index in [0.29, 0.717) is 23.3 Å². The number of pyridine rings is 1. The van der Waals surface area contributed by atoms with Crippen LogP contribution in [0.25, 0.3) is 0 Å². The molecular formula is C14H9ClF3N3O2. The van der Waals surface area contributed by atoms with Gasteiger partial charge in [0, 0.05) is 6.20 Å². The first-order chi connectivity index (χ1) is 10.9. The first-order valence-corrected chi connectivity index (χ1v) is 6.73. The molecule has 1 N–H and O–H groups in total. The maximum Gasteiger partial charge on any atom is 0.417 e. The molecule has 0 saturated carbocycles. The lowest BCUT2D eigenvalue weighted by atomic mass is 10.2. The van der Waals surface area contributed by atoms with E-state index in [1.165, 1.54) is 6.21 Å². The Bertz CT molecular complexity index is 765. The maximum atomic E-state index is 12.5. The Balaban J connectivity index is 1.70. The van der Waals surface area contributed by atoms with Crippen molar-refractivity contribution in [3.05, 3.63) is 46.6 Å². The molecule has 0 fully saturated rings. The van der Waals surface area contributed by atoms with Crippen molar-refractivity contribution in [3.63, 3.8) is 0 Å². The summed E-state index contributed by atoms with van der Waals surface area (Å²) in [7, 11) is 0. The number of alkyl halides is 3. The molecule has 5 nitrogen and oxygen atoms in total. The van der Waals surface area contributed by atoms with E-state index in [1.807, 2.05) is 0 Å². The lowest BCUT2D eigenvalue weighted by Gasteiger charge is -2.08. The summed E-state index contributed by atoms with van der Waals surface area (Å²) in [6.07, 6.45) is -2.35. The molecule has 0 amide bonds. The predicted octanol–water partition coefficient (Wildman–Crippen LogP) is 3.93. The van der Waals surface area contributed by atoms with Gasteiger partial charge in [0.1, 0.15) is 0 Å². The van der Waals surface area contributed by atoms with Crippen molar-refractivity contribution in [2.75, 3.05) is 12.2 Å². The molecule has 0 atom stereocenters. The summed E-state index contributed by atoms with van der Waals surface area (Å²) in [5, 5.41) is 3.71. The number of halogens is 4. The van der Waals surface area contributed by atoms with Crippen molar-refractivity contribution >= 4 is 23.6 Å². The van der Waals surface area contributed by atoms with Crippen molar-refractivity contribution in [2.45, 2.75) is 6.18 Å². The average Bonchev–Trinajstić information content (AvgIpc) is 2.95. The Kier molecular flexibility index (Phi) is 3.99. The molecule has 1 aliphatic rings. The zero-order valence-corrected chi connectivity index (χ0v) is 12.1. The molecule has 120 valence electrons. The first-order valence-electron chi connectivity index (χ1n) is 6.35. The predicted molar refractivity (Wildman–Crippen MR) is 78.0 cm³/mol. The Hall–Kier alpha value is -2.48. The van der Waals surface area contributed by atoms with Crippen LogP contribution >= 0.6 is 11.6 Å². The van der Waals surface area contributed by atoms with Crippen molar-refractivity contribution < 1.29 is 22.6 Å². The zero-order chi connectivity index (χ0) is 16.4. The quantitative estimate of drug-likeness (QED) is 0.677. The van der Waals surface area contributed by atoms with Gasteiger partial charge in [0.05, 0.1) is 16.8 Å². The van der Waals surface area contributed by atoms with Crippen LogP contribution in [0, 0.1) is 0 Å². The van der Waals surface area contributed by atoms with Gasteiger partial charge >= 0.3 is 6.18 Å². The topological polar surface area (TPSA) is 55.7 Å². The van der Waals surface area contributed by atoms with E-state index in [0.717, 1.165) is 6.07 Å². The van der Waals surface area contributed by atoms with Gasteiger partial charge in [-0.15, -0.1) is 0 Å². The van der Waals surface area contributed by atoms with E-state index in [1.54, 1.807) is 18.2 Å². The third-order valence-corrected chi connectivity index (χ3v) is 3.24. The monoisotopic (exact) mass is 343 g/mol. The van der Waals surface area contributed by atoms with Crippen LogP contribution in [-0.4, -0.2) is 18.0 Å². The number of fused-ring (bicyclic) bond motifs is 1. The highest BCUT2D eigenvalue weighted by molar-refractivity contribution is 6.32. The van der Waals surface area contributed by atoms with Crippen LogP contribution in [0.3, 0.4) is 0 Å². The van der Waals surface area contributed by atoms with Gasteiger partial charge in [-0.3, -0.25) is 5.43 Å². The van der Waals surface area contributed by atoms with Gasteiger partial charge in [-0.2, -0.15) is 18.3 Å². The van der Waals surface area contributed by atoms with E-state index in [-0.39, 0.29) is 17.6 Å². The van der Waals surface area contributed by atoms with Crippen LogP contribution in [0.4, 0.5) is 19.0 Å². The normalized spacial score (nSPS) is 13.6. The smallest absolute Gasteiger partial charge is 0.417 e. The highest BCUT2D eigenvalue weighted by Crippen LogP contribution is 2.33. The average molecular weight is 344 g/mol. The number of benzene rings is 1. The number of hydrogen-bond donors (Lipinski definition) is 1. The first kappa shape index (κ1) is 15.4. The minimum Gasteiger partial charge on any atom is -0.454 e. The van der Waals surface area contributed by atoms with E-state index in [4.69, 9.17) is 21.1 Å². The summed E-state index contributed by atoms with van der Waals surface area (Å²) < 4.78 is 47.9. The highest BCUT2D eigenvalue weighted by atomic mass is 35.5. The molecule has 0 bridgehead atoms. The SMILES string of the molecule is FC(F)(F)c1cnc(N/N=C\c2ccc3c(c2)OCO3)c(Cl)c1. The van der Waals surface area contributed by atoms with Crippen LogP contribution in [0.5, 0.6) is 11.5 Å². The molecule has 1 aromatic heterocycles. The summed E-state index contributed by atoms with van der Waals surface area (Å²) in [6.45, 7) is 0.166. The second-order valence-corrected chi connectivity index (χ2v) is 4.94. The third-order valence-electron chi connectivity index (χ3n) is 2.95. The fraction of sp³-hybridized carbons (Fsp3) is 0.143. The second kappa shape index (κ2) is 5.96. The molecule has 0 spiro atoms. The van der Waals surface area contributed by atoms with Gasteiger partial charge in [-0.25, -0.2) is 4.98 Å². The van der Waals surface area contributed by atoms with E-state index < -0.39 is 11.7 Å². The number of hydrazone groups is 1. The zero-order valence-electron chi connectivity index (χ0n) is 11.4. The van der Waals surface area contributed by atoms with E-state index in [9.17, 15) is 13.2 Å². The van der Waals surface area contributed by atoms with E-state index in [2.05, 4.69) is 15.5 Å². The Morgan fingerprint density at radius 3 is 2.74 bits per heavy atom. The number of rotatable bonds is 3. The molecule has 2 aromatic rings.